The molecule has 0 atom stereocenters. The fraction of sp³-hybridized carbons (Fsp3) is 0.222. The zero-order valence-corrected chi connectivity index (χ0v) is 16.2. The maximum absolute atomic E-state index is 13.4. The van der Waals surface area contributed by atoms with Crippen LogP contribution >= 0.6 is 11.6 Å². The zero-order chi connectivity index (χ0) is 19.6. The van der Waals surface area contributed by atoms with E-state index in [2.05, 4.69) is 10.2 Å². The first kappa shape index (κ1) is 19.5. The highest BCUT2D eigenvalue weighted by molar-refractivity contribution is 7.89. The summed E-state index contributed by atoms with van der Waals surface area (Å²) in [6.07, 6.45) is 0. The van der Waals surface area contributed by atoms with Crippen molar-refractivity contribution in [1.29, 1.82) is 0 Å². The fourth-order valence-electron chi connectivity index (χ4n) is 2.47. The number of aromatic nitrogens is 2. The molecule has 9 heteroatoms. The van der Waals surface area contributed by atoms with Crippen molar-refractivity contribution in [3.8, 4) is 11.5 Å². The molecule has 0 radical (unpaired) electrons. The summed E-state index contributed by atoms with van der Waals surface area (Å²) in [6, 6.07) is 12.1. The number of rotatable bonds is 6. The lowest BCUT2D eigenvalue weighted by atomic mass is 10.2. The molecule has 142 valence electrons. The minimum atomic E-state index is -3.94. The van der Waals surface area contributed by atoms with E-state index in [4.69, 9.17) is 16.0 Å². The van der Waals surface area contributed by atoms with E-state index in [1.165, 1.54) is 10.4 Å². The van der Waals surface area contributed by atoms with Crippen molar-refractivity contribution in [1.82, 2.24) is 14.5 Å². The van der Waals surface area contributed by atoms with Gasteiger partial charge in [-0.2, -0.15) is 4.31 Å². The number of halogens is 2. The second kappa shape index (κ2) is 7.75. The van der Waals surface area contributed by atoms with Crippen LogP contribution in [0.5, 0.6) is 0 Å². The fourth-order valence-corrected chi connectivity index (χ4v) is 4.32. The minimum absolute atomic E-state index is 0.106. The Morgan fingerprint density at radius 2 is 1.85 bits per heavy atom. The molecule has 1 heterocycles. The number of hydrogen-bond donors (Lipinski definition) is 0. The van der Waals surface area contributed by atoms with Gasteiger partial charge in [-0.05, 0) is 44.2 Å². The molecule has 0 spiro atoms. The summed E-state index contributed by atoms with van der Waals surface area (Å²) >= 11 is 5.74. The Balaban J connectivity index is 1.90. The van der Waals surface area contributed by atoms with Gasteiger partial charge < -0.3 is 4.42 Å². The molecular formula is C18H17ClFN3O3S. The Morgan fingerprint density at radius 1 is 1.15 bits per heavy atom. The van der Waals surface area contributed by atoms with Crippen LogP contribution in [0.4, 0.5) is 4.39 Å². The topological polar surface area (TPSA) is 76.3 Å². The van der Waals surface area contributed by atoms with Crippen molar-refractivity contribution < 1.29 is 17.2 Å². The standard InChI is InChI=1S/C18H17ClFN3O3S/c1-12(2)23(27(24,25)14-8-9-16(20)15(19)10-14)11-17-21-22-18(26-17)13-6-4-3-5-7-13/h3-10,12H,11H2,1-2H3. The van der Waals surface area contributed by atoms with E-state index in [1.807, 2.05) is 30.3 Å². The summed E-state index contributed by atoms with van der Waals surface area (Å²) in [6.45, 7) is 3.32. The lowest BCUT2D eigenvalue weighted by Crippen LogP contribution is -2.36. The summed E-state index contributed by atoms with van der Waals surface area (Å²) < 4.78 is 46.1. The smallest absolute Gasteiger partial charge is 0.247 e. The molecule has 1 aromatic heterocycles. The van der Waals surface area contributed by atoms with Gasteiger partial charge in [0.2, 0.25) is 21.8 Å². The molecule has 0 saturated heterocycles. The number of sulfonamides is 1. The predicted octanol–water partition coefficient (Wildman–Crippen LogP) is 4.13. The van der Waals surface area contributed by atoms with Gasteiger partial charge in [0.15, 0.2) is 0 Å². The number of benzene rings is 2. The van der Waals surface area contributed by atoms with Crippen LogP contribution in [0.1, 0.15) is 19.7 Å². The molecule has 3 aromatic rings. The molecule has 0 unspecified atom stereocenters. The molecule has 0 N–H and O–H groups in total. The predicted molar refractivity (Wildman–Crippen MR) is 99.0 cm³/mol. The highest BCUT2D eigenvalue weighted by atomic mass is 35.5. The molecule has 0 bridgehead atoms. The lowest BCUT2D eigenvalue weighted by molar-refractivity contribution is 0.313. The van der Waals surface area contributed by atoms with Crippen LogP contribution in [0.15, 0.2) is 57.8 Å². The Bertz CT molecular complexity index is 1040. The van der Waals surface area contributed by atoms with Gasteiger partial charge in [0.25, 0.3) is 0 Å². The first-order valence-electron chi connectivity index (χ1n) is 8.13. The molecule has 0 saturated carbocycles. The third-order valence-electron chi connectivity index (χ3n) is 3.85. The van der Waals surface area contributed by atoms with E-state index in [9.17, 15) is 12.8 Å². The second-order valence-corrected chi connectivity index (χ2v) is 8.38. The molecule has 0 aliphatic carbocycles. The summed E-state index contributed by atoms with van der Waals surface area (Å²) in [4.78, 5) is -0.106. The molecule has 3 rings (SSSR count). The van der Waals surface area contributed by atoms with Crippen LogP contribution in [-0.4, -0.2) is 29.0 Å². The van der Waals surface area contributed by atoms with Crippen LogP contribution in [0, 0.1) is 5.82 Å². The summed E-state index contributed by atoms with van der Waals surface area (Å²) in [5, 5.41) is 7.66. The second-order valence-electron chi connectivity index (χ2n) is 6.09. The first-order valence-corrected chi connectivity index (χ1v) is 9.95. The van der Waals surface area contributed by atoms with Crippen molar-refractivity contribution in [3.63, 3.8) is 0 Å². The Morgan fingerprint density at radius 3 is 2.48 bits per heavy atom. The number of hydrogen-bond acceptors (Lipinski definition) is 5. The minimum Gasteiger partial charge on any atom is -0.419 e. The summed E-state index contributed by atoms with van der Waals surface area (Å²) in [7, 11) is -3.94. The third-order valence-corrected chi connectivity index (χ3v) is 6.16. The molecule has 2 aromatic carbocycles. The van der Waals surface area contributed by atoms with Gasteiger partial charge >= 0.3 is 0 Å². The van der Waals surface area contributed by atoms with Crippen molar-refractivity contribution in [3.05, 3.63) is 65.3 Å². The van der Waals surface area contributed by atoms with Crippen molar-refractivity contribution in [2.75, 3.05) is 0 Å². The highest BCUT2D eigenvalue weighted by Crippen LogP contribution is 2.25. The van der Waals surface area contributed by atoms with Gasteiger partial charge in [-0.15, -0.1) is 10.2 Å². The normalized spacial score (nSPS) is 12.1. The van der Waals surface area contributed by atoms with E-state index in [0.717, 1.165) is 17.7 Å². The van der Waals surface area contributed by atoms with Crippen LogP contribution in [-0.2, 0) is 16.6 Å². The van der Waals surface area contributed by atoms with Crippen molar-refractivity contribution in [2.24, 2.45) is 0 Å². The largest absolute Gasteiger partial charge is 0.419 e. The van der Waals surface area contributed by atoms with Gasteiger partial charge in [0.1, 0.15) is 5.82 Å². The molecular weight excluding hydrogens is 393 g/mol. The van der Waals surface area contributed by atoms with E-state index in [0.29, 0.717) is 5.89 Å². The maximum Gasteiger partial charge on any atom is 0.247 e. The third kappa shape index (κ3) is 4.18. The maximum atomic E-state index is 13.4. The monoisotopic (exact) mass is 409 g/mol. The van der Waals surface area contributed by atoms with Crippen molar-refractivity contribution >= 4 is 21.6 Å². The van der Waals surface area contributed by atoms with Gasteiger partial charge in [-0.3, -0.25) is 0 Å². The van der Waals surface area contributed by atoms with E-state index in [1.54, 1.807) is 13.8 Å². The molecule has 27 heavy (non-hydrogen) atoms. The SMILES string of the molecule is CC(C)N(Cc1nnc(-c2ccccc2)o1)S(=O)(=O)c1ccc(F)c(Cl)c1. The quantitative estimate of drug-likeness (QED) is 0.611. The molecule has 0 aliphatic rings. The van der Waals surface area contributed by atoms with E-state index < -0.39 is 21.9 Å². The van der Waals surface area contributed by atoms with E-state index >= 15 is 0 Å². The van der Waals surface area contributed by atoms with Gasteiger partial charge in [0, 0.05) is 11.6 Å². The zero-order valence-electron chi connectivity index (χ0n) is 14.6. The van der Waals surface area contributed by atoms with Gasteiger partial charge in [0.05, 0.1) is 16.5 Å². The van der Waals surface area contributed by atoms with Crippen LogP contribution in [0.3, 0.4) is 0 Å². The van der Waals surface area contributed by atoms with E-state index in [-0.39, 0.29) is 22.4 Å². The average molecular weight is 410 g/mol. The first-order chi connectivity index (χ1) is 12.8. The van der Waals surface area contributed by atoms with Crippen LogP contribution < -0.4 is 0 Å². The van der Waals surface area contributed by atoms with Gasteiger partial charge in [-0.1, -0.05) is 29.8 Å². The van der Waals surface area contributed by atoms with Crippen LogP contribution in [0.25, 0.3) is 11.5 Å². The average Bonchev–Trinajstić information content (AvgIpc) is 3.11. The molecule has 0 fully saturated rings. The van der Waals surface area contributed by atoms with Crippen LogP contribution in [0.2, 0.25) is 5.02 Å². The van der Waals surface area contributed by atoms with Gasteiger partial charge in [-0.25, -0.2) is 12.8 Å². The summed E-state index contributed by atoms with van der Waals surface area (Å²) in [5.74, 6) is -0.230. The summed E-state index contributed by atoms with van der Waals surface area (Å²) in [5.41, 5.74) is 0.737. The Hall–Kier alpha value is -2.29. The highest BCUT2D eigenvalue weighted by Gasteiger charge is 2.29. The molecule has 0 amide bonds. The molecule has 6 nitrogen and oxygen atoms in total. The van der Waals surface area contributed by atoms with Crippen molar-refractivity contribution in [2.45, 2.75) is 31.3 Å². The molecule has 0 aliphatic heterocycles. The number of nitrogens with zero attached hydrogens (tertiary/aromatic N) is 3. The lowest BCUT2D eigenvalue weighted by Gasteiger charge is -2.24. The Labute approximate surface area is 161 Å². The Kier molecular flexibility index (Phi) is 5.59.